The minimum absolute atomic E-state index is 0.159. The van der Waals surface area contributed by atoms with E-state index in [1.165, 1.54) is 11.3 Å². The van der Waals surface area contributed by atoms with Gasteiger partial charge in [-0.1, -0.05) is 18.2 Å². The molecule has 0 bridgehead atoms. The van der Waals surface area contributed by atoms with Crippen LogP contribution >= 0.6 is 0 Å². The lowest BCUT2D eigenvalue weighted by Crippen LogP contribution is -2.40. The van der Waals surface area contributed by atoms with Crippen molar-refractivity contribution >= 4 is 5.69 Å². The van der Waals surface area contributed by atoms with E-state index in [0.717, 1.165) is 13.0 Å². The van der Waals surface area contributed by atoms with Crippen LogP contribution in [0.4, 0.5) is 5.69 Å². The van der Waals surface area contributed by atoms with Gasteiger partial charge in [-0.2, -0.15) is 0 Å². The maximum Gasteiger partial charge on any atom is 0.0948 e. The minimum atomic E-state index is -0.448. The van der Waals surface area contributed by atoms with Gasteiger partial charge in [0, 0.05) is 24.8 Å². The Bertz CT molecular complexity index is 423. The summed E-state index contributed by atoms with van der Waals surface area (Å²) < 4.78 is 5.49. The number of anilines is 1. The predicted molar refractivity (Wildman–Crippen MR) is 82.2 cm³/mol. The Morgan fingerprint density at radius 3 is 2.85 bits per heavy atom. The van der Waals surface area contributed by atoms with Crippen molar-refractivity contribution in [2.75, 3.05) is 31.6 Å². The monoisotopic (exact) mass is 278 g/mol. The molecule has 0 aromatic heterocycles. The van der Waals surface area contributed by atoms with E-state index in [1.807, 2.05) is 20.9 Å². The van der Waals surface area contributed by atoms with Crippen molar-refractivity contribution in [3.05, 3.63) is 29.8 Å². The zero-order valence-electron chi connectivity index (χ0n) is 12.7. The van der Waals surface area contributed by atoms with Crippen LogP contribution in [-0.2, 0) is 4.74 Å². The fourth-order valence-electron chi connectivity index (χ4n) is 2.73. The number of nitrogens with one attached hydrogen (secondary N) is 1. The van der Waals surface area contributed by atoms with Crippen LogP contribution in [-0.4, -0.2) is 44.1 Å². The van der Waals surface area contributed by atoms with Gasteiger partial charge in [0.1, 0.15) is 0 Å². The highest BCUT2D eigenvalue weighted by Crippen LogP contribution is 2.33. The first-order valence-corrected chi connectivity index (χ1v) is 7.42. The highest BCUT2D eigenvalue weighted by atomic mass is 16.5. The first-order valence-electron chi connectivity index (χ1n) is 7.42. The molecule has 2 atom stereocenters. The number of benzene rings is 1. The molecule has 112 valence electrons. The van der Waals surface area contributed by atoms with Gasteiger partial charge in [0.25, 0.3) is 0 Å². The number of hydrogen-bond donors (Lipinski definition) is 2. The molecule has 1 aliphatic heterocycles. The number of rotatable bonds is 6. The predicted octanol–water partition coefficient (Wildman–Crippen LogP) is 1.94. The molecule has 1 aliphatic rings. The fraction of sp³-hybridized carbons (Fsp3) is 0.625. The van der Waals surface area contributed by atoms with Crippen LogP contribution in [0.15, 0.2) is 24.3 Å². The van der Waals surface area contributed by atoms with Crippen LogP contribution in [0.25, 0.3) is 0 Å². The minimum Gasteiger partial charge on any atom is -0.389 e. The van der Waals surface area contributed by atoms with E-state index in [4.69, 9.17) is 4.74 Å². The molecule has 1 aromatic rings. The number of β-amino-alcohol motifs (C(OH)–C–C–N with tert-alkyl or cyclic N) is 1. The molecule has 0 fully saturated rings. The molecule has 0 saturated heterocycles. The summed E-state index contributed by atoms with van der Waals surface area (Å²) in [6, 6.07) is 8.84. The molecule has 20 heavy (non-hydrogen) atoms. The van der Waals surface area contributed by atoms with Crippen molar-refractivity contribution in [3.8, 4) is 0 Å². The van der Waals surface area contributed by atoms with E-state index >= 15 is 0 Å². The van der Waals surface area contributed by atoms with Gasteiger partial charge in [-0.3, -0.25) is 0 Å². The van der Waals surface area contributed by atoms with Gasteiger partial charge < -0.3 is 20.1 Å². The molecular weight excluding hydrogens is 252 g/mol. The van der Waals surface area contributed by atoms with Crippen LogP contribution in [0, 0.1) is 0 Å². The molecule has 1 heterocycles. The van der Waals surface area contributed by atoms with Gasteiger partial charge in [-0.15, -0.1) is 0 Å². The Morgan fingerprint density at radius 2 is 2.15 bits per heavy atom. The first-order chi connectivity index (χ1) is 9.61. The van der Waals surface area contributed by atoms with Crippen molar-refractivity contribution < 1.29 is 9.84 Å². The van der Waals surface area contributed by atoms with E-state index in [0.29, 0.717) is 19.2 Å². The highest BCUT2D eigenvalue weighted by molar-refractivity contribution is 5.57. The second kappa shape index (κ2) is 7.07. The Morgan fingerprint density at radius 1 is 1.40 bits per heavy atom. The summed E-state index contributed by atoms with van der Waals surface area (Å²) in [7, 11) is 2.00. The van der Waals surface area contributed by atoms with Gasteiger partial charge in [-0.05, 0) is 38.9 Å². The van der Waals surface area contributed by atoms with Crippen LogP contribution in [0.2, 0.25) is 0 Å². The third-order valence-corrected chi connectivity index (χ3v) is 3.74. The summed E-state index contributed by atoms with van der Waals surface area (Å²) in [6.07, 6.45) is 0.772. The van der Waals surface area contributed by atoms with E-state index in [-0.39, 0.29) is 6.10 Å². The van der Waals surface area contributed by atoms with Gasteiger partial charge in [0.15, 0.2) is 0 Å². The number of nitrogens with zero attached hydrogens (tertiary/aromatic N) is 1. The van der Waals surface area contributed by atoms with Gasteiger partial charge in [0.05, 0.1) is 18.8 Å². The smallest absolute Gasteiger partial charge is 0.0948 e. The van der Waals surface area contributed by atoms with Crippen molar-refractivity contribution in [2.24, 2.45) is 0 Å². The number of ether oxygens (including phenoxy) is 1. The molecule has 1 aromatic carbocycles. The molecule has 0 radical (unpaired) electrons. The van der Waals surface area contributed by atoms with Gasteiger partial charge >= 0.3 is 0 Å². The molecule has 4 nitrogen and oxygen atoms in total. The van der Waals surface area contributed by atoms with Crippen molar-refractivity contribution in [3.63, 3.8) is 0 Å². The molecule has 2 rings (SSSR count). The summed E-state index contributed by atoms with van der Waals surface area (Å²) in [4.78, 5) is 2.26. The number of aliphatic hydroxyl groups excluding tert-OH is 1. The quantitative estimate of drug-likeness (QED) is 0.835. The zero-order chi connectivity index (χ0) is 14.5. The SMILES string of the molecule is CNC1CCN(CC(O)COC(C)C)c2ccccc21. The normalized spacial score (nSPS) is 20.1. The third-order valence-electron chi connectivity index (χ3n) is 3.74. The highest BCUT2D eigenvalue weighted by Gasteiger charge is 2.24. The first kappa shape index (κ1) is 15.3. The van der Waals surface area contributed by atoms with E-state index in [1.54, 1.807) is 0 Å². The van der Waals surface area contributed by atoms with E-state index in [9.17, 15) is 5.11 Å². The summed E-state index contributed by atoms with van der Waals surface area (Å²) in [5.41, 5.74) is 2.54. The van der Waals surface area contributed by atoms with Crippen LogP contribution < -0.4 is 10.2 Å². The molecular formula is C16H26N2O2. The summed E-state index contributed by atoms with van der Waals surface area (Å²) >= 11 is 0. The Kier molecular flexibility index (Phi) is 5.40. The number of aliphatic hydroxyl groups is 1. The summed E-state index contributed by atoms with van der Waals surface area (Å²) in [5, 5.41) is 13.5. The molecule has 0 spiro atoms. The summed E-state index contributed by atoms with van der Waals surface area (Å²) in [5.74, 6) is 0. The molecule has 0 aliphatic carbocycles. The number of fused-ring (bicyclic) bond motifs is 1. The maximum absolute atomic E-state index is 10.1. The van der Waals surface area contributed by atoms with Crippen LogP contribution in [0.3, 0.4) is 0 Å². The number of para-hydroxylation sites is 1. The molecule has 0 saturated carbocycles. The van der Waals surface area contributed by atoms with Gasteiger partial charge in [-0.25, -0.2) is 0 Å². The average molecular weight is 278 g/mol. The second-order valence-electron chi connectivity index (χ2n) is 5.67. The van der Waals surface area contributed by atoms with Crippen molar-refractivity contribution in [2.45, 2.75) is 38.5 Å². The standard InChI is InChI=1S/C16H26N2O2/c1-12(2)20-11-13(19)10-18-9-8-15(17-3)14-6-4-5-7-16(14)18/h4-7,12-13,15,17,19H,8-11H2,1-3H3. The Balaban J connectivity index is 2.03. The Labute approximate surface area is 121 Å². The largest absolute Gasteiger partial charge is 0.389 e. The molecule has 2 N–H and O–H groups in total. The number of hydrogen-bond acceptors (Lipinski definition) is 4. The maximum atomic E-state index is 10.1. The fourth-order valence-corrected chi connectivity index (χ4v) is 2.73. The zero-order valence-corrected chi connectivity index (χ0v) is 12.7. The van der Waals surface area contributed by atoms with Crippen molar-refractivity contribution in [1.29, 1.82) is 0 Å². The lowest BCUT2D eigenvalue weighted by molar-refractivity contribution is 0.00874. The lowest BCUT2D eigenvalue weighted by atomic mass is 9.96. The van der Waals surface area contributed by atoms with E-state index in [2.05, 4.69) is 34.5 Å². The molecule has 4 heteroatoms. The third kappa shape index (κ3) is 3.72. The average Bonchev–Trinajstić information content (AvgIpc) is 2.45. The van der Waals surface area contributed by atoms with E-state index < -0.39 is 6.10 Å². The molecule has 0 amide bonds. The van der Waals surface area contributed by atoms with Crippen LogP contribution in [0.1, 0.15) is 31.9 Å². The topological polar surface area (TPSA) is 44.7 Å². The Hall–Kier alpha value is -1.10. The second-order valence-corrected chi connectivity index (χ2v) is 5.67. The summed E-state index contributed by atoms with van der Waals surface area (Å²) in [6.45, 7) is 5.95. The van der Waals surface area contributed by atoms with Crippen molar-refractivity contribution in [1.82, 2.24) is 5.32 Å². The van der Waals surface area contributed by atoms with Crippen LogP contribution in [0.5, 0.6) is 0 Å². The van der Waals surface area contributed by atoms with Gasteiger partial charge in [0.2, 0.25) is 0 Å². The molecule has 2 unspecified atom stereocenters. The lowest BCUT2D eigenvalue weighted by Gasteiger charge is -2.36.